The van der Waals surface area contributed by atoms with E-state index in [4.69, 9.17) is 21.1 Å². The van der Waals surface area contributed by atoms with Gasteiger partial charge in [-0.15, -0.1) is 0 Å². The first-order valence-electron chi connectivity index (χ1n) is 16.8. The number of halogens is 1. The van der Waals surface area contributed by atoms with Gasteiger partial charge >= 0.3 is 0 Å². The fraction of sp³-hybridized carbons (Fsp3) is 0.600. The number of nitrogens with one attached hydrogen (secondary N) is 1. The van der Waals surface area contributed by atoms with E-state index in [2.05, 4.69) is 4.72 Å². The molecular formula is C35H50ClN3O7S. The maximum Gasteiger partial charge on any atom is 0.261 e. The lowest BCUT2D eigenvalue weighted by atomic mass is 9.88. The predicted molar refractivity (Wildman–Crippen MR) is 183 cm³/mol. The van der Waals surface area contributed by atoms with Crippen LogP contribution in [-0.2, 0) is 19.6 Å². The van der Waals surface area contributed by atoms with E-state index in [0.29, 0.717) is 23.9 Å². The van der Waals surface area contributed by atoms with Gasteiger partial charge in [-0.05, 0) is 88.4 Å². The second-order valence-corrected chi connectivity index (χ2v) is 15.2. The Morgan fingerprint density at radius 3 is 2.43 bits per heavy atom. The van der Waals surface area contributed by atoms with Crippen molar-refractivity contribution in [2.75, 3.05) is 38.1 Å². The first-order chi connectivity index (χ1) is 22.4. The van der Waals surface area contributed by atoms with E-state index in [0.717, 1.165) is 44.9 Å². The van der Waals surface area contributed by atoms with Crippen LogP contribution < -0.4 is 9.46 Å². The van der Waals surface area contributed by atoms with E-state index in [1.54, 1.807) is 28.9 Å². The molecule has 12 heteroatoms. The van der Waals surface area contributed by atoms with Gasteiger partial charge in [0, 0.05) is 49.3 Å². The molecule has 4 rings (SSSR count). The number of carbonyl (C=O) groups excluding carboxylic acids is 2. The molecule has 1 aliphatic heterocycles. The number of sulfonamides is 1. The van der Waals surface area contributed by atoms with Crippen molar-refractivity contribution in [1.29, 1.82) is 0 Å². The molecule has 2 aliphatic rings. The number of rotatable bonds is 8. The highest BCUT2D eigenvalue weighted by molar-refractivity contribution is 7.92. The number of anilines is 1. The van der Waals surface area contributed by atoms with Gasteiger partial charge in [0.1, 0.15) is 5.75 Å². The van der Waals surface area contributed by atoms with Crippen molar-refractivity contribution in [3.8, 4) is 5.75 Å². The van der Waals surface area contributed by atoms with E-state index >= 15 is 0 Å². The molecule has 0 bridgehead atoms. The number of fused-ring (bicyclic) bond motifs is 1. The third kappa shape index (κ3) is 10.1. The molecule has 10 nitrogen and oxygen atoms in total. The van der Waals surface area contributed by atoms with Crippen LogP contribution in [0.15, 0.2) is 47.4 Å². The fourth-order valence-electron chi connectivity index (χ4n) is 6.30. The molecule has 1 saturated carbocycles. The summed E-state index contributed by atoms with van der Waals surface area (Å²) in [6, 6.07) is 9.91. The molecule has 2 aromatic rings. The van der Waals surface area contributed by atoms with Crippen LogP contribution in [0, 0.1) is 11.8 Å². The Labute approximate surface area is 284 Å². The second kappa shape index (κ2) is 17.0. The Morgan fingerprint density at radius 2 is 1.74 bits per heavy atom. The summed E-state index contributed by atoms with van der Waals surface area (Å²) >= 11 is 5.95. The third-order valence-corrected chi connectivity index (χ3v) is 10.9. The zero-order chi connectivity index (χ0) is 34.1. The van der Waals surface area contributed by atoms with E-state index in [1.807, 2.05) is 20.9 Å². The van der Waals surface area contributed by atoms with Crippen molar-refractivity contribution in [2.45, 2.75) is 95.3 Å². The third-order valence-electron chi connectivity index (χ3n) is 9.21. The Kier molecular flexibility index (Phi) is 13.4. The highest BCUT2D eigenvalue weighted by Gasteiger charge is 2.32. The van der Waals surface area contributed by atoms with E-state index in [1.165, 1.54) is 36.8 Å². The fourth-order valence-corrected chi connectivity index (χ4v) is 7.47. The van der Waals surface area contributed by atoms with E-state index in [9.17, 15) is 23.1 Å². The number of aliphatic hydroxyl groups excluding tert-OH is 1. The summed E-state index contributed by atoms with van der Waals surface area (Å²) in [5.41, 5.74) is 0.373. The van der Waals surface area contributed by atoms with Crippen LogP contribution in [0.5, 0.6) is 5.75 Å². The van der Waals surface area contributed by atoms with Crippen molar-refractivity contribution in [3.63, 3.8) is 0 Å². The minimum Gasteiger partial charge on any atom is -0.490 e. The molecule has 260 valence electrons. The molecule has 0 unspecified atom stereocenters. The smallest absolute Gasteiger partial charge is 0.261 e. The summed E-state index contributed by atoms with van der Waals surface area (Å²) in [5, 5.41) is 10.6. The van der Waals surface area contributed by atoms with E-state index < -0.39 is 22.0 Å². The van der Waals surface area contributed by atoms with Gasteiger partial charge in [0.15, 0.2) is 0 Å². The maximum atomic E-state index is 14.4. The topological polar surface area (TPSA) is 125 Å². The zero-order valence-corrected chi connectivity index (χ0v) is 29.6. The molecular weight excluding hydrogens is 642 g/mol. The molecule has 0 aromatic heterocycles. The summed E-state index contributed by atoms with van der Waals surface area (Å²) in [6.07, 6.45) is 6.97. The molecule has 2 N–H and O–H groups in total. The molecule has 47 heavy (non-hydrogen) atoms. The molecule has 1 heterocycles. The Hall–Kier alpha value is -2.86. The number of hydrogen-bond acceptors (Lipinski definition) is 7. The summed E-state index contributed by atoms with van der Waals surface area (Å²) in [6.45, 7) is 6.58. The quantitative estimate of drug-likeness (QED) is 0.349. The van der Waals surface area contributed by atoms with Crippen molar-refractivity contribution in [3.05, 3.63) is 53.1 Å². The molecule has 1 aliphatic carbocycles. The molecule has 0 radical (unpaired) electrons. The van der Waals surface area contributed by atoms with Gasteiger partial charge in [0.05, 0.1) is 35.3 Å². The minimum atomic E-state index is -3.97. The van der Waals surface area contributed by atoms with Gasteiger partial charge in [-0.2, -0.15) is 0 Å². The lowest BCUT2D eigenvalue weighted by Crippen LogP contribution is -2.48. The number of nitrogens with zero attached hydrogens (tertiary/aromatic N) is 2. The molecule has 4 atom stereocenters. The monoisotopic (exact) mass is 691 g/mol. The zero-order valence-electron chi connectivity index (χ0n) is 28.0. The number of ether oxygens (including phenoxy) is 2. The van der Waals surface area contributed by atoms with Gasteiger partial charge in [0.25, 0.3) is 15.9 Å². The van der Waals surface area contributed by atoms with Crippen LogP contribution in [0.25, 0.3) is 0 Å². The van der Waals surface area contributed by atoms with Crippen molar-refractivity contribution in [2.24, 2.45) is 11.8 Å². The molecule has 0 spiro atoms. The van der Waals surface area contributed by atoms with Crippen molar-refractivity contribution >= 4 is 39.1 Å². The van der Waals surface area contributed by atoms with Crippen LogP contribution in [-0.4, -0.2) is 86.7 Å². The molecule has 1 fully saturated rings. The summed E-state index contributed by atoms with van der Waals surface area (Å²) in [7, 11) is -2.14. The Morgan fingerprint density at radius 1 is 1.06 bits per heavy atom. The first-order valence-corrected chi connectivity index (χ1v) is 18.6. The summed E-state index contributed by atoms with van der Waals surface area (Å²) in [5.74, 6) is -0.0743. The lowest BCUT2D eigenvalue weighted by molar-refractivity contribution is -0.137. The number of hydrogen-bond donors (Lipinski definition) is 2. The van der Waals surface area contributed by atoms with Gasteiger partial charge < -0.3 is 24.4 Å². The Bertz CT molecular complexity index is 1450. The number of carbonyl (C=O) groups is 2. The van der Waals surface area contributed by atoms with Crippen LogP contribution in [0.2, 0.25) is 5.02 Å². The number of benzene rings is 2. The highest BCUT2D eigenvalue weighted by atomic mass is 35.5. The second-order valence-electron chi connectivity index (χ2n) is 13.1. The standard InChI is InChI=1S/C35H50ClN3O7S/c1-24-21-39(25(2)23-40)35(42)31-20-29(37-47(43,44)30-16-13-28(36)14-17-30)15-18-32(31)46-26(3)10-8-9-19-45-33(24)22-38(4)34(41)27-11-6-5-7-12-27/h13-18,20,24-27,33,37,40H,5-12,19,21-23H2,1-4H3/t24-,25-,26-,33-/m1/s1. The van der Waals surface area contributed by atoms with Crippen molar-refractivity contribution in [1.82, 2.24) is 9.80 Å². The molecule has 0 saturated heterocycles. The lowest BCUT2D eigenvalue weighted by Gasteiger charge is -2.36. The summed E-state index contributed by atoms with van der Waals surface area (Å²) < 4.78 is 41.6. The average Bonchev–Trinajstić information content (AvgIpc) is 3.06. The predicted octanol–water partition coefficient (Wildman–Crippen LogP) is 5.98. The number of amides is 2. The summed E-state index contributed by atoms with van der Waals surface area (Å²) in [4.78, 5) is 31.1. The van der Waals surface area contributed by atoms with Crippen LogP contribution in [0.1, 0.15) is 82.5 Å². The van der Waals surface area contributed by atoms with Crippen molar-refractivity contribution < 1.29 is 32.6 Å². The number of aliphatic hydroxyl groups is 1. The molecule has 2 aromatic carbocycles. The highest BCUT2D eigenvalue weighted by Crippen LogP contribution is 2.30. The normalized spacial score (nSPS) is 22.8. The van der Waals surface area contributed by atoms with Gasteiger partial charge in [-0.25, -0.2) is 8.42 Å². The molecule has 2 amide bonds. The van der Waals surface area contributed by atoms with Crippen LogP contribution >= 0.6 is 11.6 Å². The first kappa shape index (κ1) is 37.0. The van der Waals surface area contributed by atoms with Gasteiger partial charge in [0.2, 0.25) is 5.91 Å². The van der Waals surface area contributed by atoms with Gasteiger partial charge in [-0.1, -0.05) is 37.8 Å². The van der Waals surface area contributed by atoms with Gasteiger partial charge in [-0.3, -0.25) is 14.3 Å². The maximum absolute atomic E-state index is 14.4. The SMILES string of the molecule is C[C@@H]1CCCCO[C@H](CN(C)C(=O)C2CCCCC2)[C@H](C)CN([C@H](C)CO)C(=O)c2cc(NS(=O)(=O)c3ccc(Cl)cc3)ccc2O1. The number of likely N-dealkylation sites (N-methyl/N-ethyl adjacent to an activating group) is 1. The Balaban J connectivity index is 1.64. The largest absolute Gasteiger partial charge is 0.490 e. The minimum absolute atomic E-state index is 0.0283. The van der Waals surface area contributed by atoms with Crippen LogP contribution in [0.3, 0.4) is 0 Å². The van der Waals surface area contributed by atoms with E-state index in [-0.39, 0.29) is 59.2 Å². The van der Waals surface area contributed by atoms with Crippen LogP contribution in [0.4, 0.5) is 5.69 Å². The average molecular weight is 692 g/mol.